The van der Waals surface area contributed by atoms with E-state index >= 15 is 0 Å². The van der Waals surface area contributed by atoms with Crippen molar-refractivity contribution in [2.75, 3.05) is 6.26 Å². The molecule has 0 spiro atoms. The topological polar surface area (TPSA) is 125 Å². The Labute approximate surface area is 167 Å². The fraction of sp³-hybridized carbons (Fsp3) is 0.0588. The molecule has 28 heavy (non-hydrogen) atoms. The zero-order valence-electron chi connectivity index (χ0n) is 14.3. The lowest BCUT2D eigenvalue weighted by molar-refractivity contribution is -0.384. The Morgan fingerprint density at radius 2 is 2.18 bits per heavy atom. The van der Waals surface area contributed by atoms with Crippen LogP contribution in [0.15, 0.2) is 55.8 Å². The zero-order chi connectivity index (χ0) is 19.8. The Kier molecular flexibility index (Phi) is 4.61. The quantitative estimate of drug-likeness (QED) is 0.351. The lowest BCUT2D eigenvalue weighted by atomic mass is 10.1. The minimum Gasteiger partial charge on any atom is -0.457 e. The van der Waals surface area contributed by atoms with E-state index < -0.39 is 10.8 Å². The first-order chi connectivity index (χ1) is 13.5. The molecule has 0 unspecified atom stereocenters. The van der Waals surface area contributed by atoms with Crippen LogP contribution in [0.25, 0.3) is 17.4 Å². The van der Waals surface area contributed by atoms with E-state index in [0.717, 1.165) is 11.9 Å². The Bertz CT molecular complexity index is 1120. The normalized spacial score (nSPS) is 17.6. The molecule has 1 amide bonds. The van der Waals surface area contributed by atoms with Gasteiger partial charge in [0.15, 0.2) is 5.17 Å². The highest BCUT2D eigenvalue weighted by Gasteiger charge is 2.37. The fourth-order valence-electron chi connectivity index (χ4n) is 2.63. The highest BCUT2D eigenvalue weighted by molar-refractivity contribution is 8.18. The number of nitro benzene ring substituents is 1. The summed E-state index contributed by atoms with van der Waals surface area (Å²) in [5.74, 6) is 0.177. The number of nitrogens with one attached hydrogen (secondary N) is 1. The summed E-state index contributed by atoms with van der Waals surface area (Å²) in [6.45, 7) is 0. The molecule has 4 rings (SSSR count). The Morgan fingerprint density at radius 1 is 1.36 bits per heavy atom. The molecule has 2 aliphatic rings. The molecule has 1 aromatic carbocycles. The van der Waals surface area contributed by atoms with E-state index in [0.29, 0.717) is 27.4 Å². The average Bonchev–Trinajstić information content (AvgIpc) is 3.32. The van der Waals surface area contributed by atoms with Crippen LogP contribution in [0.5, 0.6) is 0 Å². The van der Waals surface area contributed by atoms with Crippen LogP contribution in [0.2, 0.25) is 0 Å². The maximum atomic E-state index is 12.3. The SMILES string of the molecule is CSC1=NSC2=NC(=O)/C(=C\c3ccc(-c4cccc([N+](=O)[O-])c4)o3)C(=N)N12. The van der Waals surface area contributed by atoms with Gasteiger partial charge in [0.2, 0.25) is 5.17 Å². The van der Waals surface area contributed by atoms with Crippen LogP contribution in [0.3, 0.4) is 0 Å². The first-order valence-corrected chi connectivity index (χ1v) is 9.85. The first kappa shape index (κ1) is 18.2. The predicted molar refractivity (Wildman–Crippen MR) is 109 cm³/mol. The molecule has 1 aromatic heterocycles. The number of furan rings is 1. The van der Waals surface area contributed by atoms with E-state index in [9.17, 15) is 14.9 Å². The van der Waals surface area contributed by atoms with Gasteiger partial charge in [-0.1, -0.05) is 23.9 Å². The van der Waals surface area contributed by atoms with Crippen LogP contribution in [-0.4, -0.2) is 38.2 Å². The molecule has 1 N–H and O–H groups in total. The second-order valence-electron chi connectivity index (χ2n) is 5.62. The van der Waals surface area contributed by atoms with Crippen molar-refractivity contribution in [1.82, 2.24) is 4.90 Å². The standard InChI is InChI=1S/C17H11N5O4S2/c1-27-17-20-28-16-19-15(23)12(14(18)21(16)17)8-11-5-6-13(26-11)9-3-2-4-10(7-9)22(24)25/h2-8,18H,1H3/b12-8-,18-14?. The Balaban J connectivity index is 1.66. The molecule has 9 nitrogen and oxygen atoms in total. The van der Waals surface area contributed by atoms with Gasteiger partial charge in [0.05, 0.1) is 22.4 Å². The van der Waals surface area contributed by atoms with Crippen molar-refractivity contribution < 1.29 is 14.1 Å². The van der Waals surface area contributed by atoms with E-state index in [1.54, 1.807) is 24.3 Å². The number of carbonyl (C=O) groups is 1. The summed E-state index contributed by atoms with van der Waals surface area (Å²) < 4.78 is 9.90. The first-order valence-electron chi connectivity index (χ1n) is 7.85. The van der Waals surface area contributed by atoms with E-state index in [1.165, 1.54) is 34.9 Å². The molecule has 0 aliphatic carbocycles. The second-order valence-corrected chi connectivity index (χ2v) is 7.12. The van der Waals surface area contributed by atoms with Crippen molar-refractivity contribution in [2.24, 2.45) is 9.39 Å². The fourth-order valence-corrected chi connectivity index (χ4v) is 4.09. The second kappa shape index (κ2) is 7.09. The molecule has 140 valence electrons. The van der Waals surface area contributed by atoms with Gasteiger partial charge in [-0.05, 0) is 24.5 Å². The molecular weight excluding hydrogens is 402 g/mol. The molecule has 2 aromatic rings. The van der Waals surface area contributed by atoms with Gasteiger partial charge in [-0.25, -0.2) is 4.90 Å². The third kappa shape index (κ3) is 3.14. The highest BCUT2D eigenvalue weighted by atomic mass is 32.2. The smallest absolute Gasteiger partial charge is 0.283 e. The van der Waals surface area contributed by atoms with Crippen molar-refractivity contribution in [3.63, 3.8) is 0 Å². The number of nitro groups is 1. The molecule has 0 saturated heterocycles. The number of rotatable bonds is 3. The molecule has 0 atom stereocenters. The van der Waals surface area contributed by atoms with Gasteiger partial charge in [0, 0.05) is 17.7 Å². The van der Waals surface area contributed by atoms with Gasteiger partial charge in [-0.2, -0.15) is 9.39 Å². The number of amides is 1. The number of thioether (sulfide) groups is 1. The number of nitrogens with zero attached hydrogens (tertiary/aromatic N) is 4. The minimum absolute atomic E-state index is 0.0265. The van der Waals surface area contributed by atoms with Crippen molar-refractivity contribution in [1.29, 1.82) is 5.41 Å². The van der Waals surface area contributed by atoms with E-state index in [2.05, 4.69) is 9.39 Å². The third-order valence-corrected chi connectivity index (χ3v) is 5.39. The van der Waals surface area contributed by atoms with E-state index in [4.69, 9.17) is 9.83 Å². The molecule has 0 radical (unpaired) electrons. The number of hydrogen-bond acceptors (Lipinski definition) is 8. The minimum atomic E-state index is -0.547. The number of aliphatic imine (C=N–C) groups is 1. The van der Waals surface area contributed by atoms with Gasteiger partial charge < -0.3 is 4.42 Å². The van der Waals surface area contributed by atoms with Crippen LogP contribution >= 0.6 is 23.7 Å². The lowest BCUT2D eigenvalue weighted by Crippen LogP contribution is -2.41. The number of amidine groups is 3. The van der Waals surface area contributed by atoms with Crippen molar-refractivity contribution >= 4 is 57.6 Å². The zero-order valence-corrected chi connectivity index (χ0v) is 15.9. The van der Waals surface area contributed by atoms with Gasteiger partial charge in [-0.15, -0.1) is 0 Å². The number of fused-ring (bicyclic) bond motifs is 1. The molecule has 0 fully saturated rings. The predicted octanol–water partition coefficient (Wildman–Crippen LogP) is 3.79. The molecule has 0 bridgehead atoms. The summed E-state index contributed by atoms with van der Waals surface area (Å²) in [6.07, 6.45) is 3.26. The third-order valence-electron chi connectivity index (χ3n) is 3.93. The van der Waals surface area contributed by atoms with E-state index in [1.807, 2.05) is 6.26 Å². The summed E-state index contributed by atoms with van der Waals surface area (Å²) in [5.41, 5.74) is 0.570. The van der Waals surface area contributed by atoms with Crippen LogP contribution < -0.4 is 0 Å². The monoisotopic (exact) mass is 413 g/mol. The van der Waals surface area contributed by atoms with Gasteiger partial charge in [0.25, 0.3) is 11.6 Å². The maximum Gasteiger partial charge on any atom is 0.283 e. The largest absolute Gasteiger partial charge is 0.457 e. The number of non-ortho nitro benzene ring substituents is 1. The van der Waals surface area contributed by atoms with E-state index in [-0.39, 0.29) is 17.1 Å². The van der Waals surface area contributed by atoms with Crippen molar-refractivity contribution in [2.45, 2.75) is 0 Å². The van der Waals surface area contributed by atoms with Crippen LogP contribution in [0, 0.1) is 15.5 Å². The van der Waals surface area contributed by atoms with Crippen LogP contribution in [-0.2, 0) is 4.79 Å². The Hall–Kier alpha value is -3.18. The molecule has 3 heterocycles. The summed E-state index contributed by atoms with van der Waals surface area (Å²) in [5, 5.41) is 20.2. The number of carbonyl (C=O) groups excluding carboxylic acids is 1. The van der Waals surface area contributed by atoms with Gasteiger partial charge >= 0.3 is 0 Å². The van der Waals surface area contributed by atoms with Gasteiger partial charge in [0.1, 0.15) is 17.4 Å². The number of benzene rings is 1. The Morgan fingerprint density at radius 3 is 2.93 bits per heavy atom. The molecule has 2 aliphatic heterocycles. The van der Waals surface area contributed by atoms with Crippen LogP contribution in [0.1, 0.15) is 5.76 Å². The highest BCUT2D eigenvalue weighted by Crippen LogP contribution is 2.32. The molecule has 11 heteroatoms. The summed E-state index contributed by atoms with van der Waals surface area (Å²) in [7, 11) is 0. The maximum absolute atomic E-state index is 12.3. The molecular formula is C17H11N5O4S2. The van der Waals surface area contributed by atoms with Crippen molar-refractivity contribution in [3.05, 3.63) is 57.8 Å². The van der Waals surface area contributed by atoms with Crippen molar-refractivity contribution in [3.8, 4) is 11.3 Å². The summed E-state index contributed by atoms with van der Waals surface area (Å²) in [6, 6.07) is 9.34. The van der Waals surface area contributed by atoms with Gasteiger partial charge in [-0.3, -0.25) is 20.3 Å². The molecule has 0 saturated carbocycles. The average molecular weight is 413 g/mol. The lowest BCUT2D eigenvalue weighted by Gasteiger charge is -2.23. The summed E-state index contributed by atoms with van der Waals surface area (Å²) >= 11 is 2.41. The van der Waals surface area contributed by atoms with Crippen LogP contribution in [0.4, 0.5) is 5.69 Å². The number of hydrogen-bond donors (Lipinski definition) is 1. The summed E-state index contributed by atoms with van der Waals surface area (Å²) in [4.78, 5) is 28.3.